The molecule has 0 amide bonds. The van der Waals surface area contributed by atoms with E-state index in [0.717, 1.165) is 53.3 Å². The predicted molar refractivity (Wildman–Crippen MR) is 156 cm³/mol. The number of fused-ring (bicyclic) bond motifs is 1. The molecule has 0 bridgehead atoms. The van der Waals surface area contributed by atoms with E-state index in [2.05, 4.69) is 10.5 Å². The van der Waals surface area contributed by atoms with Crippen molar-refractivity contribution < 1.29 is 23.9 Å². The van der Waals surface area contributed by atoms with E-state index in [4.69, 9.17) is 42.2 Å². The highest BCUT2D eigenvalue weighted by Crippen LogP contribution is 2.46. The van der Waals surface area contributed by atoms with Gasteiger partial charge in [0.1, 0.15) is 22.7 Å². The number of carboxylic acid groups (broad SMARTS) is 1. The van der Waals surface area contributed by atoms with Crippen LogP contribution in [0.15, 0.2) is 34.9 Å². The summed E-state index contributed by atoms with van der Waals surface area (Å²) in [5.41, 5.74) is 3.10. The van der Waals surface area contributed by atoms with E-state index in [1.54, 1.807) is 18.2 Å². The Morgan fingerprint density at radius 1 is 1.20 bits per heavy atom. The summed E-state index contributed by atoms with van der Waals surface area (Å²) in [7, 11) is 0. The number of thiazole rings is 1. The van der Waals surface area contributed by atoms with Gasteiger partial charge in [0.2, 0.25) is 0 Å². The van der Waals surface area contributed by atoms with E-state index in [1.807, 2.05) is 19.9 Å². The Labute approximate surface area is 245 Å². The highest BCUT2D eigenvalue weighted by Gasteiger charge is 2.34. The van der Waals surface area contributed by atoms with Crippen molar-refractivity contribution in [2.24, 2.45) is 0 Å². The smallest absolute Gasteiger partial charge is 0.335 e. The fraction of sp³-hybridized carbons (Fsp3) is 0.414. The molecule has 2 atom stereocenters. The molecule has 2 heterocycles. The number of aromatic nitrogens is 2. The average Bonchev–Trinajstić information content (AvgIpc) is 3.30. The first-order valence-corrected chi connectivity index (χ1v) is 15.0. The third-order valence-electron chi connectivity index (χ3n) is 7.21. The number of nitrogens with one attached hydrogen (secondary N) is 1. The van der Waals surface area contributed by atoms with Gasteiger partial charge in [-0.1, -0.05) is 45.8 Å². The van der Waals surface area contributed by atoms with Crippen LogP contribution in [-0.4, -0.2) is 39.5 Å². The van der Waals surface area contributed by atoms with Crippen LogP contribution in [0.4, 0.5) is 5.13 Å². The van der Waals surface area contributed by atoms with E-state index in [9.17, 15) is 9.90 Å². The monoisotopic (exact) mass is 601 g/mol. The lowest BCUT2D eigenvalue weighted by Gasteiger charge is -2.14. The van der Waals surface area contributed by atoms with Gasteiger partial charge in [-0.2, -0.15) is 0 Å². The van der Waals surface area contributed by atoms with Crippen LogP contribution in [0.2, 0.25) is 10.0 Å². The normalized spacial score (nSPS) is 19.0. The number of aromatic carboxylic acids is 1. The van der Waals surface area contributed by atoms with E-state index in [-0.39, 0.29) is 23.8 Å². The summed E-state index contributed by atoms with van der Waals surface area (Å²) >= 11 is 14.4. The number of carbonyl (C=O) groups is 1. The fourth-order valence-electron chi connectivity index (χ4n) is 5.17. The van der Waals surface area contributed by atoms with Crippen LogP contribution < -0.4 is 10.1 Å². The quantitative estimate of drug-likeness (QED) is 0.187. The van der Waals surface area contributed by atoms with Crippen molar-refractivity contribution in [1.29, 1.82) is 0 Å². The summed E-state index contributed by atoms with van der Waals surface area (Å²) in [5, 5.41) is 19.2. The zero-order valence-corrected chi connectivity index (χ0v) is 24.4. The van der Waals surface area contributed by atoms with E-state index in [1.165, 1.54) is 17.4 Å². The molecular formula is C29H29Cl2N3O5S. The zero-order valence-electron chi connectivity index (χ0n) is 22.1. The molecule has 2 fully saturated rings. The van der Waals surface area contributed by atoms with Crippen molar-refractivity contribution in [3.05, 3.63) is 57.3 Å². The van der Waals surface area contributed by atoms with Gasteiger partial charge in [0.25, 0.3) is 0 Å². The van der Waals surface area contributed by atoms with E-state index < -0.39 is 5.97 Å². The van der Waals surface area contributed by atoms with Crippen LogP contribution in [0.1, 0.15) is 73.6 Å². The van der Waals surface area contributed by atoms with Crippen molar-refractivity contribution in [3.63, 3.8) is 0 Å². The number of hydrogen-bond acceptors (Lipinski definition) is 8. The first-order chi connectivity index (χ1) is 19.3. The van der Waals surface area contributed by atoms with Crippen molar-refractivity contribution >= 4 is 55.9 Å². The van der Waals surface area contributed by atoms with Crippen molar-refractivity contribution in [2.75, 3.05) is 5.32 Å². The summed E-state index contributed by atoms with van der Waals surface area (Å²) < 4.78 is 18.8. The average molecular weight is 603 g/mol. The maximum absolute atomic E-state index is 11.6. The molecule has 2 aliphatic carbocycles. The zero-order chi connectivity index (χ0) is 28.0. The molecule has 40 heavy (non-hydrogen) atoms. The number of rotatable bonds is 10. The molecule has 0 radical (unpaired) electrons. The Morgan fingerprint density at radius 2 is 1.98 bits per heavy atom. The van der Waals surface area contributed by atoms with Gasteiger partial charge in [-0.15, -0.1) is 0 Å². The Bertz CT molecular complexity index is 1540. The maximum Gasteiger partial charge on any atom is 0.335 e. The largest absolute Gasteiger partial charge is 0.489 e. The number of hydrogen-bond donors (Lipinski definition) is 2. The van der Waals surface area contributed by atoms with Crippen molar-refractivity contribution in [3.8, 4) is 17.0 Å². The van der Waals surface area contributed by atoms with Gasteiger partial charge < -0.3 is 24.4 Å². The number of halogens is 2. The summed E-state index contributed by atoms with van der Waals surface area (Å²) in [4.78, 5) is 16.4. The van der Waals surface area contributed by atoms with E-state index in [0.29, 0.717) is 45.1 Å². The van der Waals surface area contributed by atoms with Crippen molar-refractivity contribution in [2.45, 2.75) is 76.7 Å². The van der Waals surface area contributed by atoms with Crippen LogP contribution in [0.25, 0.3) is 21.5 Å². The molecule has 6 rings (SSSR count). The molecule has 2 aromatic heterocycles. The molecule has 2 aliphatic rings. The lowest BCUT2D eigenvalue weighted by molar-refractivity contribution is 0.0446. The minimum absolute atomic E-state index is 0.0573. The number of carboxylic acids is 1. The molecule has 2 N–H and O–H groups in total. The first-order valence-electron chi connectivity index (χ1n) is 13.4. The third kappa shape index (κ3) is 5.65. The summed E-state index contributed by atoms with van der Waals surface area (Å²) in [6.07, 6.45) is 4.76. The van der Waals surface area contributed by atoms with Crippen LogP contribution in [0.5, 0.6) is 5.75 Å². The van der Waals surface area contributed by atoms with E-state index >= 15 is 0 Å². The highest BCUT2D eigenvalue weighted by atomic mass is 35.5. The molecule has 8 nitrogen and oxygen atoms in total. The minimum Gasteiger partial charge on any atom is -0.489 e. The number of anilines is 1. The Morgan fingerprint density at radius 3 is 2.67 bits per heavy atom. The van der Waals surface area contributed by atoms with Gasteiger partial charge >= 0.3 is 5.97 Å². The second-order valence-corrected chi connectivity index (χ2v) is 12.5. The van der Waals surface area contributed by atoms with Gasteiger partial charge in [0.05, 0.1) is 39.1 Å². The number of nitrogens with zero attached hydrogens (tertiary/aromatic N) is 2. The molecule has 0 unspecified atom stereocenters. The van der Waals surface area contributed by atoms with Crippen LogP contribution in [0.3, 0.4) is 0 Å². The van der Waals surface area contributed by atoms with Gasteiger partial charge in [-0.25, -0.2) is 9.78 Å². The molecule has 11 heteroatoms. The fourth-order valence-corrected chi connectivity index (χ4v) is 6.75. The topological polar surface area (TPSA) is 107 Å². The maximum atomic E-state index is 11.6. The van der Waals surface area contributed by atoms with Crippen LogP contribution >= 0.6 is 34.5 Å². The molecule has 2 aromatic carbocycles. The number of benzene rings is 2. The second-order valence-electron chi connectivity index (χ2n) is 10.6. The highest BCUT2D eigenvalue weighted by molar-refractivity contribution is 7.22. The lowest BCUT2D eigenvalue weighted by atomic mass is 10.0. The summed E-state index contributed by atoms with van der Waals surface area (Å²) in [6, 6.07) is 8.78. The molecular weight excluding hydrogens is 573 g/mol. The van der Waals surface area contributed by atoms with Gasteiger partial charge in [-0.3, -0.25) is 0 Å². The Balaban J connectivity index is 1.15. The molecule has 4 aromatic rings. The summed E-state index contributed by atoms with van der Waals surface area (Å²) in [6.45, 7) is 4.18. The third-order valence-corrected chi connectivity index (χ3v) is 8.77. The Hall–Kier alpha value is -2.85. The first kappa shape index (κ1) is 27.3. The molecule has 0 spiro atoms. The summed E-state index contributed by atoms with van der Waals surface area (Å²) in [5.74, 6) is 0.723. The molecule has 2 saturated carbocycles. The SMILES string of the molecule is CC(C)Oc1cc(C(=O)O)cc2sc(N[C@@H]3CC[C@H](OCc4c(-c5c(Cl)cccc5Cl)noc4C4CC4)C3)nc12. The number of ether oxygens (including phenoxy) is 2. The minimum atomic E-state index is -0.994. The standard InChI is InChI=1S/C29H29Cl2N3O5S/c1-14(2)38-22-10-16(28(35)36)11-23-26(22)33-29(40-23)32-17-8-9-18(12-17)37-13-19-25(34-39-27(19)15-6-7-15)24-20(30)4-3-5-21(24)31/h3-5,10-11,14-15,17-18H,6-9,12-13H2,1-2H3,(H,32,33)(H,35,36)/t17-,18+/m1/s1. The van der Waals surface area contributed by atoms with Gasteiger partial charge in [0.15, 0.2) is 5.13 Å². The van der Waals surface area contributed by atoms with Gasteiger partial charge in [-0.05, 0) is 70.2 Å². The van der Waals surface area contributed by atoms with Gasteiger partial charge in [0, 0.05) is 23.1 Å². The second kappa shape index (κ2) is 11.2. The lowest BCUT2D eigenvalue weighted by Crippen LogP contribution is -2.17. The van der Waals surface area contributed by atoms with Crippen LogP contribution in [-0.2, 0) is 11.3 Å². The molecule has 0 aliphatic heterocycles. The molecule has 0 saturated heterocycles. The predicted octanol–water partition coefficient (Wildman–Crippen LogP) is 8.17. The van der Waals surface area contributed by atoms with Crippen LogP contribution in [0, 0.1) is 0 Å². The molecule has 210 valence electrons. The Kier molecular flexibility index (Phi) is 7.65. The van der Waals surface area contributed by atoms with Crippen molar-refractivity contribution in [1.82, 2.24) is 10.1 Å².